The van der Waals surface area contributed by atoms with Crippen molar-refractivity contribution in [1.29, 1.82) is 0 Å². The minimum Gasteiger partial charge on any atom is -0.461 e. The molecule has 0 aliphatic rings. The molecule has 0 spiro atoms. The summed E-state index contributed by atoms with van der Waals surface area (Å²) in [5.41, 5.74) is 1.41. The van der Waals surface area contributed by atoms with Crippen LogP contribution in [0.2, 0.25) is 0 Å². The number of hydrogen-bond acceptors (Lipinski definition) is 4. The first-order valence-electron chi connectivity index (χ1n) is 7.48. The molecule has 0 N–H and O–H groups in total. The Morgan fingerprint density at radius 3 is 2.67 bits per heavy atom. The van der Waals surface area contributed by atoms with E-state index in [2.05, 4.69) is 20.9 Å². The number of carbonyl (C=O) groups is 1. The van der Waals surface area contributed by atoms with E-state index < -0.39 is 0 Å². The zero-order valence-electron chi connectivity index (χ0n) is 12.8. The van der Waals surface area contributed by atoms with Gasteiger partial charge in [0.2, 0.25) is 0 Å². The van der Waals surface area contributed by atoms with Gasteiger partial charge in [0.1, 0.15) is 6.61 Å². The van der Waals surface area contributed by atoms with Crippen LogP contribution in [-0.2, 0) is 22.7 Å². The highest BCUT2D eigenvalue weighted by Gasteiger charge is 2.07. The van der Waals surface area contributed by atoms with E-state index in [4.69, 9.17) is 4.74 Å². The lowest BCUT2D eigenvalue weighted by Crippen LogP contribution is -2.22. The zero-order valence-corrected chi connectivity index (χ0v) is 14.4. The first-order valence-corrected chi connectivity index (χ1v) is 8.27. The predicted molar refractivity (Wildman–Crippen MR) is 94.6 cm³/mol. The van der Waals surface area contributed by atoms with Crippen molar-refractivity contribution in [2.24, 2.45) is 0 Å². The maximum absolute atomic E-state index is 12.3. The van der Waals surface area contributed by atoms with E-state index in [-0.39, 0.29) is 31.1 Å². The second kappa shape index (κ2) is 7.40. The molecule has 0 unspecified atom stereocenters. The summed E-state index contributed by atoms with van der Waals surface area (Å²) in [5, 5.41) is 0.545. The Labute approximate surface area is 147 Å². The summed E-state index contributed by atoms with van der Waals surface area (Å²) in [6.45, 7) is 0.465. The monoisotopic (exact) mass is 386 g/mol. The number of nitrogens with zero attached hydrogens (tertiary/aromatic N) is 2. The lowest BCUT2D eigenvalue weighted by Gasteiger charge is -2.07. The number of para-hydroxylation sites is 1. The minimum absolute atomic E-state index is 0.121. The van der Waals surface area contributed by atoms with E-state index in [0.717, 1.165) is 10.0 Å². The van der Waals surface area contributed by atoms with Crippen LogP contribution in [0.5, 0.6) is 0 Å². The van der Waals surface area contributed by atoms with Crippen LogP contribution in [-0.4, -0.2) is 15.5 Å². The Balaban J connectivity index is 1.59. The van der Waals surface area contributed by atoms with Crippen molar-refractivity contribution in [2.75, 3.05) is 0 Å². The number of aryl methyl sites for hydroxylation is 1. The van der Waals surface area contributed by atoms with Gasteiger partial charge in [-0.15, -0.1) is 0 Å². The van der Waals surface area contributed by atoms with Crippen molar-refractivity contribution in [2.45, 2.75) is 19.6 Å². The quantitative estimate of drug-likeness (QED) is 0.631. The Kier molecular flexibility index (Phi) is 5.05. The third-order valence-corrected chi connectivity index (χ3v) is 4.13. The first kappa shape index (κ1) is 16.4. The molecular formula is C18H15BrN2O3. The Bertz CT molecular complexity index is 919. The number of ether oxygens (including phenoxy) is 1. The molecule has 122 valence electrons. The van der Waals surface area contributed by atoms with Gasteiger partial charge in [0.25, 0.3) is 5.56 Å². The van der Waals surface area contributed by atoms with E-state index in [9.17, 15) is 9.59 Å². The van der Waals surface area contributed by atoms with Gasteiger partial charge in [0.05, 0.1) is 23.7 Å². The molecule has 0 radical (unpaired) electrons. The van der Waals surface area contributed by atoms with Crippen molar-refractivity contribution in [3.8, 4) is 0 Å². The van der Waals surface area contributed by atoms with Crippen molar-refractivity contribution >= 4 is 32.8 Å². The largest absolute Gasteiger partial charge is 0.461 e. The summed E-state index contributed by atoms with van der Waals surface area (Å²) in [6, 6.07) is 14.7. The van der Waals surface area contributed by atoms with Gasteiger partial charge < -0.3 is 4.74 Å². The molecular weight excluding hydrogens is 372 g/mol. The Morgan fingerprint density at radius 1 is 1.12 bits per heavy atom. The smallest absolute Gasteiger partial charge is 0.307 e. The summed E-state index contributed by atoms with van der Waals surface area (Å²) in [4.78, 5) is 28.4. The fourth-order valence-electron chi connectivity index (χ4n) is 2.29. The van der Waals surface area contributed by atoms with E-state index >= 15 is 0 Å². The zero-order chi connectivity index (χ0) is 16.9. The maximum Gasteiger partial charge on any atom is 0.307 e. The maximum atomic E-state index is 12.3. The van der Waals surface area contributed by atoms with Crippen molar-refractivity contribution < 1.29 is 9.53 Å². The SMILES string of the molecule is O=C(CCn1cnc2ccccc2c1=O)OCc1ccc(Br)cc1. The second-order valence-corrected chi connectivity index (χ2v) is 6.21. The van der Waals surface area contributed by atoms with Gasteiger partial charge >= 0.3 is 5.97 Å². The topological polar surface area (TPSA) is 61.2 Å². The molecule has 0 fully saturated rings. The molecule has 5 nitrogen and oxygen atoms in total. The summed E-state index contributed by atoms with van der Waals surface area (Å²) in [6.07, 6.45) is 1.59. The normalized spacial score (nSPS) is 10.7. The minimum atomic E-state index is -0.349. The fraction of sp³-hybridized carbons (Fsp3) is 0.167. The summed E-state index contributed by atoms with van der Waals surface area (Å²) < 4.78 is 7.63. The molecule has 0 amide bonds. The van der Waals surface area contributed by atoms with Crippen LogP contribution >= 0.6 is 15.9 Å². The Morgan fingerprint density at radius 2 is 1.88 bits per heavy atom. The molecule has 24 heavy (non-hydrogen) atoms. The van der Waals surface area contributed by atoms with Crippen LogP contribution in [0, 0.1) is 0 Å². The van der Waals surface area contributed by atoms with Crippen molar-refractivity contribution in [1.82, 2.24) is 9.55 Å². The molecule has 1 aromatic heterocycles. The molecule has 2 aromatic carbocycles. The third kappa shape index (κ3) is 3.89. The van der Waals surface area contributed by atoms with Gasteiger partial charge in [-0.2, -0.15) is 0 Å². The average Bonchev–Trinajstić information content (AvgIpc) is 2.61. The summed E-state index contributed by atoms with van der Waals surface area (Å²) in [5.74, 6) is -0.349. The average molecular weight is 387 g/mol. The van der Waals surface area contributed by atoms with Crippen LogP contribution < -0.4 is 5.56 Å². The highest BCUT2D eigenvalue weighted by Crippen LogP contribution is 2.11. The first-order chi connectivity index (χ1) is 11.6. The molecule has 0 saturated carbocycles. The molecule has 0 aliphatic carbocycles. The number of fused-ring (bicyclic) bond motifs is 1. The number of carbonyl (C=O) groups excluding carboxylic acids is 1. The molecule has 3 rings (SSSR count). The molecule has 1 heterocycles. The number of aromatic nitrogens is 2. The van der Waals surface area contributed by atoms with Gasteiger partial charge in [0.15, 0.2) is 0 Å². The second-order valence-electron chi connectivity index (χ2n) is 5.30. The number of benzene rings is 2. The van der Waals surface area contributed by atoms with E-state index in [0.29, 0.717) is 10.9 Å². The van der Waals surface area contributed by atoms with Gasteiger partial charge in [-0.3, -0.25) is 14.2 Å². The number of esters is 1. The summed E-state index contributed by atoms with van der Waals surface area (Å²) in [7, 11) is 0. The fourth-order valence-corrected chi connectivity index (χ4v) is 2.56. The molecule has 6 heteroatoms. The highest BCUT2D eigenvalue weighted by atomic mass is 79.9. The van der Waals surface area contributed by atoms with E-state index in [1.807, 2.05) is 30.3 Å². The summed E-state index contributed by atoms with van der Waals surface area (Å²) >= 11 is 3.35. The highest BCUT2D eigenvalue weighted by molar-refractivity contribution is 9.10. The van der Waals surface area contributed by atoms with Crippen LogP contribution in [0.15, 0.2) is 64.1 Å². The molecule has 0 saturated heterocycles. The predicted octanol–water partition coefficient (Wildman–Crippen LogP) is 3.29. The van der Waals surface area contributed by atoms with Crippen LogP contribution in [0.3, 0.4) is 0 Å². The molecule has 0 atom stereocenters. The number of rotatable bonds is 5. The standard InChI is InChI=1S/C18H15BrN2O3/c19-14-7-5-13(6-8-14)11-24-17(22)9-10-21-12-20-16-4-2-1-3-15(16)18(21)23/h1-8,12H,9-11H2. The molecule has 3 aromatic rings. The van der Waals surface area contributed by atoms with Gasteiger partial charge in [-0.25, -0.2) is 4.98 Å². The lowest BCUT2D eigenvalue weighted by molar-refractivity contribution is -0.145. The molecule has 0 aliphatic heterocycles. The Hall–Kier alpha value is -2.47. The van der Waals surface area contributed by atoms with Crippen LogP contribution in [0.25, 0.3) is 10.9 Å². The van der Waals surface area contributed by atoms with Gasteiger partial charge in [-0.05, 0) is 29.8 Å². The van der Waals surface area contributed by atoms with Crippen molar-refractivity contribution in [3.63, 3.8) is 0 Å². The number of halogens is 1. The third-order valence-electron chi connectivity index (χ3n) is 3.60. The molecule has 0 bridgehead atoms. The van der Waals surface area contributed by atoms with Gasteiger partial charge in [0, 0.05) is 11.0 Å². The van der Waals surface area contributed by atoms with Crippen LogP contribution in [0.4, 0.5) is 0 Å². The van der Waals surface area contributed by atoms with E-state index in [1.165, 1.54) is 10.9 Å². The van der Waals surface area contributed by atoms with E-state index in [1.54, 1.807) is 18.2 Å². The van der Waals surface area contributed by atoms with Gasteiger partial charge in [-0.1, -0.05) is 40.2 Å². The van der Waals surface area contributed by atoms with Crippen molar-refractivity contribution in [3.05, 3.63) is 75.2 Å². The van der Waals surface area contributed by atoms with Crippen LogP contribution in [0.1, 0.15) is 12.0 Å². The lowest BCUT2D eigenvalue weighted by atomic mass is 10.2. The number of hydrogen-bond donors (Lipinski definition) is 0.